The summed E-state index contributed by atoms with van der Waals surface area (Å²) in [5, 5.41) is 12.6. The first-order valence-electron chi connectivity index (χ1n) is 5.24. The van der Waals surface area contributed by atoms with E-state index in [1.54, 1.807) is 0 Å². The number of halogens is 5. The van der Waals surface area contributed by atoms with Crippen molar-refractivity contribution in [2.24, 2.45) is 5.73 Å². The third-order valence-corrected chi connectivity index (χ3v) is 2.35. The molecule has 1 aromatic rings. The van der Waals surface area contributed by atoms with E-state index in [2.05, 4.69) is 5.32 Å². The number of alkyl halides is 5. The van der Waals surface area contributed by atoms with Crippen LogP contribution in [0, 0.1) is 10.1 Å². The van der Waals surface area contributed by atoms with E-state index < -0.39 is 41.4 Å². The lowest BCUT2D eigenvalue weighted by Gasteiger charge is -2.16. The molecule has 10 heteroatoms. The second-order valence-corrected chi connectivity index (χ2v) is 3.90. The molecule has 112 valence electrons. The van der Waals surface area contributed by atoms with E-state index in [4.69, 9.17) is 5.73 Å². The fourth-order valence-electron chi connectivity index (χ4n) is 1.34. The van der Waals surface area contributed by atoms with E-state index in [1.165, 1.54) is 0 Å². The molecule has 0 fully saturated rings. The second kappa shape index (κ2) is 5.57. The maximum atomic E-state index is 12.9. The minimum Gasteiger partial charge on any atom is -0.379 e. The Morgan fingerprint density at radius 2 is 1.85 bits per heavy atom. The predicted octanol–water partition coefficient (Wildman–Crippen LogP) is 2.62. The molecule has 0 heterocycles. The number of nitrogens with one attached hydrogen (secondary N) is 1. The van der Waals surface area contributed by atoms with Crippen molar-refractivity contribution in [2.75, 3.05) is 18.4 Å². The number of nitro groups is 1. The molecule has 0 atom stereocenters. The van der Waals surface area contributed by atoms with Gasteiger partial charge in [0.05, 0.1) is 18.0 Å². The van der Waals surface area contributed by atoms with E-state index in [0.717, 1.165) is 6.07 Å². The Morgan fingerprint density at radius 3 is 2.30 bits per heavy atom. The molecule has 20 heavy (non-hydrogen) atoms. The number of nitro benzene ring substituents is 1. The van der Waals surface area contributed by atoms with Crippen LogP contribution in [0.25, 0.3) is 0 Å². The van der Waals surface area contributed by atoms with E-state index in [1.807, 2.05) is 0 Å². The van der Waals surface area contributed by atoms with Crippen molar-refractivity contribution < 1.29 is 26.9 Å². The quantitative estimate of drug-likeness (QED) is 0.497. The maximum Gasteiger partial charge on any atom is 0.423 e. The lowest BCUT2D eigenvalue weighted by molar-refractivity contribution is -0.388. The Balaban J connectivity index is 3.05. The van der Waals surface area contributed by atoms with Gasteiger partial charge in [-0.05, 0) is 12.1 Å². The van der Waals surface area contributed by atoms with Gasteiger partial charge in [0, 0.05) is 11.8 Å². The van der Waals surface area contributed by atoms with Crippen LogP contribution in [-0.4, -0.2) is 23.9 Å². The fourth-order valence-corrected chi connectivity index (χ4v) is 1.34. The molecular formula is C10H10F5N3O2. The molecule has 1 aromatic carbocycles. The van der Waals surface area contributed by atoms with Crippen LogP contribution in [0.1, 0.15) is 5.56 Å². The minimum atomic E-state index is -4.96. The first-order chi connectivity index (χ1) is 9.07. The summed E-state index contributed by atoms with van der Waals surface area (Å²) in [4.78, 5) is 9.30. The molecular weight excluding hydrogens is 289 g/mol. The molecule has 3 N–H and O–H groups in total. The molecule has 5 nitrogen and oxygen atoms in total. The van der Waals surface area contributed by atoms with Crippen LogP contribution in [0.5, 0.6) is 0 Å². The van der Waals surface area contributed by atoms with Crippen molar-refractivity contribution in [3.63, 3.8) is 0 Å². The van der Waals surface area contributed by atoms with E-state index >= 15 is 0 Å². The summed E-state index contributed by atoms with van der Waals surface area (Å²) in [6.07, 6.45) is -4.96. The number of nitrogens with zero attached hydrogens (tertiary/aromatic N) is 1. The number of nitrogens with two attached hydrogens (primary N) is 1. The van der Waals surface area contributed by atoms with E-state index in [0.29, 0.717) is 12.1 Å². The van der Waals surface area contributed by atoms with Gasteiger partial charge in [-0.2, -0.15) is 13.2 Å². The van der Waals surface area contributed by atoms with Crippen molar-refractivity contribution in [3.8, 4) is 0 Å². The summed E-state index contributed by atoms with van der Waals surface area (Å²) in [6.45, 7) is -1.95. The third kappa shape index (κ3) is 4.02. The molecule has 0 saturated heterocycles. The summed E-state index contributed by atoms with van der Waals surface area (Å²) >= 11 is 0. The molecule has 0 aromatic heterocycles. The van der Waals surface area contributed by atoms with Crippen molar-refractivity contribution in [2.45, 2.75) is 12.1 Å². The van der Waals surface area contributed by atoms with Crippen molar-refractivity contribution in [3.05, 3.63) is 33.9 Å². The highest BCUT2D eigenvalue weighted by Gasteiger charge is 2.38. The lowest BCUT2D eigenvalue weighted by Crippen LogP contribution is -2.35. The van der Waals surface area contributed by atoms with Crippen molar-refractivity contribution >= 4 is 11.4 Å². The van der Waals surface area contributed by atoms with Gasteiger partial charge in [-0.15, -0.1) is 0 Å². The molecule has 0 amide bonds. The number of benzene rings is 1. The number of hydrogen-bond acceptors (Lipinski definition) is 4. The SMILES string of the molecule is NCC(F)(F)CNc1ccc([N+](=O)[O-])c(C(F)(F)F)c1. The van der Waals surface area contributed by atoms with Gasteiger partial charge in [-0.1, -0.05) is 0 Å². The minimum absolute atomic E-state index is 0.309. The Hall–Kier alpha value is -1.97. The molecule has 1 rings (SSSR count). The summed E-state index contributed by atoms with van der Waals surface area (Å²) < 4.78 is 63.6. The smallest absolute Gasteiger partial charge is 0.379 e. The van der Waals surface area contributed by atoms with Gasteiger partial charge in [0.1, 0.15) is 5.56 Å². The Bertz CT molecular complexity index is 504. The molecule has 0 radical (unpaired) electrons. The van der Waals surface area contributed by atoms with Gasteiger partial charge in [-0.3, -0.25) is 10.1 Å². The lowest BCUT2D eigenvalue weighted by atomic mass is 10.1. The van der Waals surface area contributed by atoms with Gasteiger partial charge in [0.15, 0.2) is 0 Å². The van der Waals surface area contributed by atoms with Gasteiger partial charge >= 0.3 is 6.18 Å². The molecule has 0 aliphatic rings. The largest absolute Gasteiger partial charge is 0.423 e. The Morgan fingerprint density at radius 1 is 1.25 bits per heavy atom. The van der Waals surface area contributed by atoms with Gasteiger partial charge in [-0.25, -0.2) is 8.78 Å². The fraction of sp³-hybridized carbons (Fsp3) is 0.400. The molecule has 0 unspecified atom stereocenters. The Kier molecular flexibility index (Phi) is 4.48. The highest BCUT2D eigenvalue weighted by Crippen LogP contribution is 2.37. The van der Waals surface area contributed by atoms with Crippen LogP contribution in [0.3, 0.4) is 0 Å². The predicted molar refractivity (Wildman–Crippen MR) is 60.6 cm³/mol. The zero-order valence-electron chi connectivity index (χ0n) is 9.88. The molecule has 0 aliphatic heterocycles. The maximum absolute atomic E-state index is 12.9. The average molecular weight is 299 g/mol. The molecule has 0 spiro atoms. The molecule has 0 saturated carbocycles. The molecule has 0 bridgehead atoms. The van der Waals surface area contributed by atoms with Crippen LogP contribution in [0.2, 0.25) is 0 Å². The second-order valence-electron chi connectivity index (χ2n) is 3.90. The highest BCUT2D eigenvalue weighted by molar-refractivity contribution is 5.55. The van der Waals surface area contributed by atoms with Gasteiger partial charge < -0.3 is 11.1 Å². The third-order valence-electron chi connectivity index (χ3n) is 2.35. The van der Waals surface area contributed by atoms with Crippen molar-refractivity contribution in [1.82, 2.24) is 0 Å². The standard InChI is InChI=1S/C10H10F5N3O2/c11-9(12,4-16)5-17-6-1-2-8(18(19)20)7(3-6)10(13,14)15/h1-3,17H,4-5,16H2. The highest BCUT2D eigenvalue weighted by atomic mass is 19.4. The summed E-state index contributed by atoms with van der Waals surface area (Å²) in [5.41, 5.74) is 1.81. The van der Waals surface area contributed by atoms with Crippen LogP contribution < -0.4 is 11.1 Å². The number of hydrogen-bond donors (Lipinski definition) is 2. The van der Waals surface area contributed by atoms with Crippen LogP contribution in [-0.2, 0) is 6.18 Å². The summed E-state index contributed by atoms with van der Waals surface area (Å²) in [5.74, 6) is -3.29. The van der Waals surface area contributed by atoms with Crippen molar-refractivity contribution in [1.29, 1.82) is 0 Å². The molecule has 0 aliphatic carbocycles. The van der Waals surface area contributed by atoms with Crippen LogP contribution in [0.4, 0.5) is 33.3 Å². The number of rotatable bonds is 5. The monoisotopic (exact) mass is 299 g/mol. The number of anilines is 1. The topological polar surface area (TPSA) is 81.2 Å². The zero-order chi connectivity index (χ0) is 15.6. The van der Waals surface area contributed by atoms with Gasteiger partial charge in [0.2, 0.25) is 0 Å². The van der Waals surface area contributed by atoms with Crippen LogP contribution in [0.15, 0.2) is 18.2 Å². The zero-order valence-corrected chi connectivity index (χ0v) is 9.88. The van der Waals surface area contributed by atoms with Crippen LogP contribution >= 0.6 is 0 Å². The summed E-state index contributed by atoms with van der Waals surface area (Å²) in [6, 6.07) is 1.93. The van der Waals surface area contributed by atoms with Gasteiger partial charge in [0.25, 0.3) is 11.6 Å². The van der Waals surface area contributed by atoms with E-state index in [9.17, 15) is 32.1 Å². The normalized spacial score (nSPS) is 12.3. The first kappa shape index (κ1) is 16.1. The Labute approximate surface area is 109 Å². The average Bonchev–Trinajstić information content (AvgIpc) is 2.35. The summed E-state index contributed by atoms with van der Waals surface area (Å²) in [7, 11) is 0. The first-order valence-corrected chi connectivity index (χ1v) is 5.24. The van der Waals surface area contributed by atoms with E-state index in [-0.39, 0.29) is 5.69 Å².